The number of carbonyl (C=O) groups is 1. The van der Waals surface area contributed by atoms with Crippen LogP contribution in [0.3, 0.4) is 0 Å². The Hall–Kier alpha value is -2.57. The van der Waals surface area contributed by atoms with Crippen LogP contribution in [-0.4, -0.2) is 74.8 Å². The Balaban J connectivity index is 1.20. The van der Waals surface area contributed by atoms with E-state index in [1.807, 2.05) is 12.1 Å². The topological polar surface area (TPSA) is 52.7 Å². The number of carbonyl (C=O) groups excluding carboxylic acids is 1. The Kier molecular flexibility index (Phi) is 6.55. The van der Waals surface area contributed by atoms with E-state index >= 15 is 0 Å². The minimum Gasteiger partial charge on any atom is -0.508 e. The fourth-order valence-corrected chi connectivity index (χ4v) is 4.57. The lowest BCUT2D eigenvalue weighted by Gasteiger charge is -2.36. The summed E-state index contributed by atoms with van der Waals surface area (Å²) >= 11 is 0. The molecule has 1 amide bonds. The number of benzene rings is 2. The van der Waals surface area contributed by atoms with E-state index in [0.717, 1.165) is 64.6 Å². The Bertz CT molecular complexity index is 839. The third-order valence-corrected chi connectivity index (χ3v) is 6.61. The molecule has 2 heterocycles. The van der Waals surface area contributed by atoms with Crippen molar-refractivity contribution in [2.45, 2.75) is 13.5 Å². The van der Waals surface area contributed by atoms with Gasteiger partial charge in [0.25, 0.3) is 5.91 Å². The lowest BCUT2D eigenvalue weighted by molar-refractivity contribution is -0.918. The van der Waals surface area contributed by atoms with Crippen molar-refractivity contribution in [1.29, 1.82) is 0 Å². The maximum atomic E-state index is 12.8. The molecule has 2 saturated heterocycles. The highest BCUT2D eigenvalue weighted by Gasteiger charge is 2.28. The van der Waals surface area contributed by atoms with Crippen molar-refractivity contribution in [2.24, 2.45) is 0 Å². The number of nitrogens with one attached hydrogen (secondary N) is 2. The molecule has 2 aromatic rings. The first kappa shape index (κ1) is 20.7. The molecule has 0 radical (unpaired) electrons. The normalized spacial score (nSPS) is 18.6. The summed E-state index contributed by atoms with van der Waals surface area (Å²) in [5.74, 6) is 0.604. The summed E-state index contributed by atoms with van der Waals surface area (Å²) < 4.78 is 0. The fourth-order valence-electron chi connectivity index (χ4n) is 4.57. The molecule has 0 atom stereocenters. The molecule has 0 aliphatic carbocycles. The number of amides is 1. The van der Waals surface area contributed by atoms with Crippen LogP contribution >= 0.6 is 0 Å². The average molecular weight is 411 g/mol. The number of aryl methyl sites for hydroxylation is 1. The van der Waals surface area contributed by atoms with Crippen LogP contribution < -0.4 is 14.7 Å². The number of anilines is 1. The molecule has 0 saturated carbocycles. The number of quaternary nitrogens is 2. The second-order valence-corrected chi connectivity index (χ2v) is 8.66. The predicted molar refractivity (Wildman–Crippen MR) is 118 cm³/mol. The summed E-state index contributed by atoms with van der Waals surface area (Å²) in [6, 6.07) is 16.0. The molecule has 6 heteroatoms. The van der Waals surface area contributed by atoms with Gasteiger partial charge in [0.15, 0.2) is 6.54 Å². The molecule has 0 spiro atoms. The molecule has 0 bridgehead atoms. The van der Waals surface area contributed by atoms with Gasteiger partial charge in [-0.3, -0.25) is 4.79 Å². The van der Waals surface area contributed by atoms with Crippen molar-refractivity contribution in [2.75, 3.05) is 63.8 Å². The first-order chi connectivity index (χ1) is 14.6. The molecule has 0 unspecified atom stereocenters. The number of rotatable bonds is 5. The Morgan fingerprint density at radius 2 is 1.53 bits per heavy atom. The summed E-state index contributed by atoms with van der Waals surface area (Å²) in [6.45, 7) is 11.5. The zero-order chi connectivity index (χ0) is 20.9. The summed E-state index contributed by atoms with van der Waals surface area (Å²) in [7, 11) is 0. The van der Waals surface area contributed by atoms with E-state index in [9.17, 15) is 9.90 Å². The minimum atomic E-state index is 0.300. The van der Waals surface area contributed by atoms with Gasteiger partial charge in [0.1, 0.15) is 12.3 Å². The van der Waals surface area contributed by atoms with Gasteiger partial charge in [-0.1, -0.05) is 24.3 Å². The van der Waals surface area contributed by atoms with Gasteiger partial charge in [0.05, 0.1) is 52.4 Å². The van der Waals surface area contributed by atoms with Gasteiger partial charge in [0, 0.05) is 11.3 Å². The molecular weight excluding hydrogens is 376 g/mol. The molecule has 0 aromatic heterocycles. The Morgan fingerprint density at radius 3 is 2.20 bits per heavy atom. The first-order valence-electron chi connectivity index (χ1n) is 11.1. The minimum absolute atomic E-state index is 0.300. The van der Waals surface area contributed by atoms with Gasteiger partial charge in [-0.25, -0.2) is 0 Å². The number of piperazine rings is 2. The van der Waals surface area contributed by atoms with Crippen LogP contribution in [0.1, 0.15) is 11.1 Å². The zero-order valence-electron chi connectivity index (χ0n) is 17.9. The van der Waals surface area contributed by atoms with Crippen molar-refractivity contribution in [3.63, 3.8) is 0 Å². The van der Waals surface area contributed by atoms with Gasteiger partial charge in [0.2, 0.25) is 0 Å². The van der Waals surface area contributed by atoms with Crippen molar-refractivity contribution in [3.8, 4) is 5.75 Å². The van der Waals surface area contributed by atoms with E-state index < -0.39 is 0 Å². The van der Waals surface area contributed by atoms with Gasteiger partial charge in [-0.2, -0.15) is 0 Å². The lowest BCUT2D eigenvalue weighted by atomic mass is 10.1. The Morgan fingerprint density at radius 1 is 0.900 bits per heavy atom. The van der Waals surface area contributed by atoms with Crippen LogP contribution in [0.2, 0.25) is 0 Å². The van der Waals surface area contributed by atoms with E-state index in [-0.39, 0.29) is 0 Å². The highest BCUT2D eigenvalue weighted by Crippen LogP contribution is 2.18. The number of hydrogen-bond donors (Lipinski definition) is 3. The molecule has 4 rings (SSSR count). The highest BCUT2D eigenvalue weighted by atomic mass is 16.3. The maximum absolute atomic E-state index is 12.8. The number of phenols is 1. The second-order valence-electron chi connectivity index (χ2n) is 8.66. The van der Waals surface area contributed by atoms with Crippen LogP contribution in [0.5, 0.6) is 5.75 Å². The second kappa shape index (κ2) is 9.49. The third kappa shape index (κ3) is 5.12. The smallest absolute Gasteiger partial charge is 0.278 e. The number of phenolic OH excluding ortho intramolecular Hbond substituents is 1. The van der Waals surface area contributed by atoms with Gasteiger partial charge < -0.3 is 24.7 Å². The molecule has 160 valence electrons. The molecule has 6 nitrogen and oxygen atoms in total. The van der Waals surface area contributed by atoms with E-state index in [0.29, 0.717) is 18.2 Å². The molecule has 30 heavy (non-hydrogen) atoms. The van der Waals surface area contributed by atoms with E-state index in [1.165, 1.54) is 16.0 Å². The van der Waals surface area contributed by atoms with Crippen molar-refractivity contribution >= 4 is 11.6 Å². The van der Waals surface area contributed by atoms with Crippen LogP contribution in [0, 0.1) is 6.92 Å². The van der Waals surface area contributed by atoms with E-state index in [1.54, 1.807) is 17.0 Å². The monoisotopic (exact) mass is 410 g/mol. The zero-order valence-corrected chi connectivity index (χ0v) is 17.9. The summed E-state index contributed by atoms with van der Waals surface area (Å²) in [4.78, 5) is 20.2. The lowest BCUT2D eigenvalue weighted by Crippen LogP contribution is -3.16. The predicted octanol–water partition coefficient (Wildman–Crippen LogP) is -0.667. The van der Waals surface area contributed by atoms with Crippen LogP contribution in [-0.2, 0) is 11.3 Å². The van der Waals surface area contributed by atoms with Crippen LogP contribution in [0.25, 0.3) is 0 Å². The quantitative estimate of drug-likeness (QED) is 0.613. The Labute approximate surface area is 179 Å². The number of aromatic hydroxyl groups is 1. The summed E-state index contributed by atoms with van der Waals surface area (Å²) in [5, 5.41) is 9.46. The largest absolute Gasteiger partial charge is 0.508 e. The average Bonchev–Trinajstić information content (AvgIpc) is 2.77. The van der Waals surface area contributed by atoms with Crippen molar-refractivity contribution in [1.82, 2.24) is 4.90 Å². The van der Waals surface area contributed by atoms with E-state index in [2.05, 4.69) is 41.0 Å². The summed E-state index contributed by atoms with van der Waals surface area (Å²) in [6.07, 6.45) is 0. The standard InChI is InChI=1S/C24H32N4O2/c1-20-4-2-3-5-21(20)18-25-12-16-28(17-13-25)24(30)19-26-10-14-27(15-11-26)22-6-8-23(29)9-7-22/h2-9,29H,10-19H2,1H3/p+2. The number of hydrogen-bond acceptors (Lipinski definition) is 3. The highest BCUT2D eigenvalue weighted by molar-refractivity contribution is 5.77. The molecule has 3 N–H and O–H groups in total. The number of nitrogens with zero attached hydrogens (tertiary/aromatic N) is 2. The maximum Gasteiger partial charge on any atom is 0.278 e. The molecule has 2 aliphatic rings. The molecule has 2 fully saturated rings. The van der Waals surface area contributed by atoms with Crippen molar-refractivity contribution < 1.29 is 19.7 Å². The van der Waals surface area contributed by atoms with Crippen molar-refractivity contribution in [3.05, 3.63) is 59.7 Å². The molecule has 2 aliphatic heterocycles. The van der Waals surface area contributed by atoms with Gasteiger partial charge in [-0.05, 0) is 36.8 Å². The molecular formula is C24H34N4O2+2. The van der Waals surface area contributed by atoms with Gasteiger partial charge in [-0.15, -0.1) is 0 Å². The summed E-state index contributed by atoms with van der Waals surface area (Å²) in [5.41, 5.74) is 3.92. The van der Waals surface area contributed by atoms with Crippen LogP contribution in [0.15, 0.2) is 48.5 Å². The first-order valence-corrected chi connectivity index (χ1v) is 11.1. The van der Waals surface area contributed by atoms with Crippen LogP contribution in [0.4, 0.5) is 5.69 Å². The fraction of sp³-hybridized carbons (Fsp3) is 0.458. The SMILES string of the molecule is Cc1ccccc1C[NH+]1CCN(C(=O)C[NH+]2CCN(c3ccc(O)cc3)CC2)CC1. The molecule has 2 aromatic carbocycles. The van der Waals surface area contributed by atoms with Gasteiger partial charge >= 0.3 is 0 Å². The van der Waals surface area contributed by atoms with E-state index in [4.69, 9.17) is 0 Å². The third-order valence-electron chi connectivity index (χ3n) is 6.61.